The number of fused-ring (bicyclic) bond motifs is 5. The predicted molar refractivity (Wildman–Crippen MR) is 240 cm³/mol. The van der Waals surface area contributed by atoms with Crippen LogP contribution in [-0.4, -0.2) is 0 Å². The van der Waals surface area contributed by atoms with Crippen molar-refractivity contribution < 1.29 is 0 Å². The molecular weight excluding hydrogens is 687 g/mol. The van der Waals surface area contributed by atoms with Crippen molar-refractivity contribution in [1.29, 1.82) is 0 Å². The Morgan fingerprint density at radius 1 is 0.404 bits per heavy atom. The van der Waals surface area contributed by atoms with Crippen LogP contribution in [0.3, 0.4) is 0 Å². The SMILES string of the molecule is CC1(C)CCC(C)(C)c2c(N(c3cccc4c3-c3cccc(-c5ccccc5)c3C43C4CC5CC(C4)CC3C5)c3cccc4c3C(C)(C)CCC4(C)C)cccc21. The van der Waals surface area contributed by atoms with E-state index < -0.39 is 0 Å². The van der Waals surface area contributed by atoms with Gasteiger partial charge in [0.1, 0.15) is 0 Å². The maximum Gasteiger partial charge on any atom is 0.0543 e. The largest absolute Gasteiger partial charge is 0.309 e. The minimum absolute atomic E-state index is 0.0426. The highest BCUT2D eigenvalue weighted by atomic mass is 15.2. The second kappa shape index (κ2) is 12.0. The Morgan fingerprint density at radius 3 is 1.40 bits per heavy atom. The first kappa shape index (κ1) is 36.0. The Balaban J connectivity index is 1.27. The lowest BCUT2D eigenvalue weighted by molar-refractivity contribution is -0.0397. The summed E-state index contributed by atoms with van der Waals surface area (Å²) < 4.78 is 0. The number of hydrogen-bond acceptors (Lipinski definition) is 1. The van der Waals surface area contributed by atoms with E-state index in [9.17, 15) is 0 Å². The molecule has 7 aliphatic carbocycles. The number of anilines is 3. The first-order chi connectivity index (χ1) is 27.2. The number of benzene rings is 5. The van der Waals surface area contributed by atoms with Crippen LogP contribution in [0.15, 0.2) is 103 Å². The smallest absolute Gasteiger partial charge is 0.0543 e. The molecule has 0 radical (unpaired) electrons. The number of rotatable bonds is 4. The molecule has 0 heterocycles. The summed E-state index contributed by atoms with van der Waals surface area (Å²) in [6.07, 6.45) is 11.8. The molecular formula is C56H63N. The van der Waals surface area contributed by atoms with Crippen molar-refractivity contribution in [3.05, 3.63) is 137 Å². The van der Waals surface area contributed by atoms with Crippen molar-refractivity contribution in [2.75, 3.05) is 4.90 Å². The number of hydrogen-bond donors (Lipinski definition) is 0. The average molecular weight is 750 g/mol. The van der Waals surface area contributed by atoms with Gasteiger partial charge in [0.05, 0.1) is 17.1 Å². The fourth-order valence-corrected chi connectivity index (χ4v) is 14.5. The normalized spacial score (nSPS) is 28.7. The number of nitrogens with zero attached hydrogens (tertiary/aromatic N) is 1. The van der Waals surface area contributed by atoms with Gasteiger partial charge < -0.3 is 4.90 Å². The molecule has 4 fully saturated rings. The second-order valence-corrected chi connectivity index (χ2v) is 22.2. The molecule has 57 heavy (non-hydrogen) atoms. The summed E-state index contributed by atoms with van der Waals surface area (Å²) in [4.78, 5) is 2.83. The van der Waals surface area contributed by atoms with Gasteiger partial charge >= 0.3 is 0 Å². The quantitative estimate of drug-likeness (QED) is 0.177. The summed E-state index contributed by atoms with van der Waals surface area (Å²) in [5.41, 5.74) is 19.8. The van der Waals surface area contributed by atoms with Gasteiger partial charge in [0.15, 0.2) is 0 Å². The lowest BCUT2D eigenvalue weighted by Gasteiger charge is -2.61. The third-order valence-corrected chi connectivity index (χ3v) is 17.1. The Morgan fingerprint density at radius 2 is 0.860 bits per heavy atom. The maximum absolute atomic E-state index is 2.83. The van der Waals surface area contributed by atoms with Crippen LogP contribution in [0.25, 0.3) is 22.3 Å². The summed E-state index contributed by atoms with van der Waals surface area (Å²) >= 11 is 0. The van der Waals surface area contributed by atoms with Crippen LogP contribution in [0.4, 0.5) is 17.1 Å². The first-order valence-electron chi connectivity index (χ1n) is 22.6. The molecule has 1 heteroatoms. The van der Waals surface area contributed by atoms with Crippen LogP contribution in [0, 0.1) is 23.7 Å². The van der Waals surface area contributed by atoms with Crippen molar-refractivity contribution in [1.82, 2.24) is 0 Å². The zero-order chi connectivity index (χ0) is 39.3. The highest BCUT2D eigenvalue weighted by molar-refractivity contribution is 5.99. The molecule has 12 rings (SSSR count). The van der Waals surface area contributed by atoms with E-state index in [2.05, 4.69) is 163 Å². The second-order valence-electron chi connectivity index (χ2n) is 22.2. The van der Waals surface area contributed by atoms with Gasteiger partial charge in [-0.3, -0.25) is 0 Å². The van der Waals surface area contributed by atoms with Crippen LogP contribution in [-0.2, 0) is 27.1 Å². The zero-order valence-electron chi connectivity index (χ0n) is 35.9. The zero-order valence-corrected chi connectivity index (χ0v) is 35.9. The van der Waals surface area contributed by atoms with Crippen molar-refractivity contribution in [2.45, 2.75) is 140 Å². The van der Waals surface area contributed by atoms with Crippen LogP contribution in [0.1, 0.15) is 147 Å². The van der Waals surface area contributed by atoms with Gasteiger partial charge in [-0.2, -0.15) is 0 Å². The molecule has 0 atom stereocenters. The van der Waals surface area contributed by atoms with Gasteiger partial charge in [-0.05, 0) is 171 Å². The van der Waals surface area contributed by atoms with E-state index in [1.165, 1.54) is 108 Å². The van der Waals surface area contributed by atoms with E-state index >= 15 is 0 Å². The summed E-state index contributed by atoms with van der Waals surface area (Å²) in [6, 6.07) is 41.1. The van der Waals surface area contributed by atoms with E-state index in [0.717, 1.165) is 11.8 Å². The molecule has 4 saturated carbocycles. The van der Waals surface area contributed by atoms with E-state index in [-0.39, 0.29) is 27.1 Å². The van der Waals surface area contributed by atoms with Gasteiger partial charge in [-0.1, -0.05) is 140 Å². The van der Waals surface area contributed by atoms with Crippen molar-refractivity contribution in [3.63, 3.8) is 0 Å². The standard InChI is InChI=1S/C56H63N/c1-52(2)26-28-54(5,6)50-43(52)21-14-24-46(50)57(47-25-15-22-44-51(47)55(7,8)29-27-53(44,3)4)45-23-13-20-42-48(45)41-19-12-18-40(37-16-10-9-11-17-37)49(41)56(42)38-31-35-30-36(33-38)34-39(56)32-35/h9-25,35-36,38-39H,26-34H2,1-8H3. The van der Waals surface area contributed by atoms with E-state index in [1.807, 2.05) is 0 Å². The summed E-state index contributed by atoms with van der Waals surface area (Å²) in [5.74, 6) is 3.18. The molecule has 1 nitrogen and oxygen atoms in total. The van der Waals surface area contributed by atoms with E-state index in [1.54, 1.807) is 22.3 Å². The fraction of sp³-hybridized carbons (Fsp3) is 0.464. The molecule has 7 aliphatic rings. The van der Waals surface area contributed by atoms with Crippen LogP contribution in [0.5, 0.6) is 0 Å². The Kier molecular flexibility index (Phi) is 7.58. The first-order valence-corrected chi connectivity index (χ1v) is 22.6. The molecule has 0 aromatic heterocycles. The molecule has 1 spiro atoms. The topological polar surface area (TPSA) is 3.24 Å². The summed E-state index contributed by atoms with van der Waals surface area (Å²) in [7, 11) is 0. The highest BCUT2D eigenvalue weighted by Gasteiger charge is 2.62. The molecule has 0 N–H and O–H groups in total. The van der Waals surface area contributed by atoms with Gasteiger partial charge in [0.25, 0.3) is 0 Å². The molecule has 0 aliphatic heterocycles. The van der Waals surface area contributed by atoms with Crippen LogP contribution < -0.4 is 4.90 Å². The van der Waals surface area contributed by atoms with Crippen molar-refractivity contribution >= 4 is 17.1 Å². The predicted octanol–water partition coefficient (Wildman–Crippen LogP) is 15.2. The molecule has 292 valence electrons. The maximum atomic E-state index is 2.83. The fourth-order valence-electron chi connectivity index (χ4n) is 14.5. The molecule has 0 amide bonds. The molecule has 5 aromatic rings. The van der Waals surface area contributed by atoms with Crippen LogP contribution in [0.2, 0.25) is 0 Å². The third kappa shape index (κ3) is 4.93. The van der Waals surface area contributed by atoms with E-state index in [0.29, 0.717) is 11.8 Å². The lowest BCUT2D eigenvalue weighted by Crippen LogP contribution is -2.55. The summed E-state index contributed by atoms with van der Waals surface area (Å²) in [6.45, 7) is 20.1. The van der Waals surface area contributed by atoms with Crippen LogP contribution >= 0.6 is 0 Å². The minimum atomic E-state index is 0.0426. The van der Waals surface area contributed by atoms with E-state index in [4.69, 9.17) is 0 Å². The van der Waals surface area contributed by atoms with Gasteiger partial charge in [0.2, 0.25) is 0 Å². The molecule has 0 saturated heterocycles. The Bertz CT molecular complexity index is 2330. The minimum Gasteiger partial charge on any atom is -0.309 e. The highest BCUT2D eigenvalue weighted by Crippen LogP contribution is 2.72. The lowest BCUT2D eigenvalue weighted by atomic mass is 9.42. The van der Waals surface area contributed by atoms with Gasteiger partial charge in [-0.25, -0.2) is 0 Å². The van der Waals surface area contributed by atoms with Crippen molar-refractivity contribution in [3.8, 4) is 22.3 Å². The van der Waals surface area contributed by atoms with Gasteiger partial charge in [0, 0.05) is 11.0 Å². The molecule has 5 aromatic carbocycles. The Hall–Kier alpha value is -4.10. The summed E-state index contributed by atoms with van der Waals surface area (Å²) in [5, 5.41) is 0. The monoisotopic (exact) mass is 749 g/mol. The molecule has 4 bridgehead atoms. The average Bonchev–Trinajstić information content (AvgIpc) is 3.49. The Labute approximate surface area is 343 Å². The van der Waals surface area contributed by atoms with Gasteiger partial charge in [-0.15, -0.1) is 0 Å². The third-order valence-electron chi connectivity index (χ3n) is 17.1. The molecule has 0 unspecified atom stereocenters. The van der Waals surface area contributed by atoms with Crippen molar-refractivity contribution in [2.24, 2.45) is 23.7 Å².